The van der Waals surface area contributed by atoms with Gasteiger partial charge in [-0.25, -0.2) is 0 Å². The van der Waals surface area contributed by atoms with Gasteiger partial charge in [0.1, 0.15) is 5.56 Å². The van der Waals surface area contributed by atoms with Crippen LogP contribution in [0.3, 0.4) is 0 Å². The lowest BCUT2D eigenvalue weighted by atomic mass is 9.84. The number of piperidine rings is 1. The van der Waals surface area contributed by atoms with E-state index < -0.39 is 11.4 Å². The van der Waals surface area contributed by atoms with E-state index in [9.17, 15) is 14.9 Å². The molecular weight excluding hydrogens is 404 g/mol. The predicted octanol–water partition coefficient (Wildman–Crippen LogP) is 2.22. The molecule has 1 saturated heterocycles. The van der Waals surface area contributed by atoms with Crippen LogP contribution in [0.5, 0.6) is 0 Å². The highest BCUT2D eigenvalue weighted by atomic mass is 16.1. The van der Waals surface area contributed by atoms with Gasteiger partial charge in [-0.05, 0) is 43.4 Å². The summed E-state index contributed by atoms with van der Waals surface area (Å²) in [6, 6.07) is 10.7. The Morgan fingerprint density at radius 3 is 2.59 bits per heavy atom. The van der Waals surface area contributed by atoms with Crippen molar-refractivity contribution in [3.8, 4) is 17.9 Å². The molecule has 1 saturated carbocycles. The zero-order valence-electron chi connectivity index (χ0n) is 17.9. The number of anilines is 1. The van der Waals surface area contributed by atoms with Crippen molar-refractivity contribution in [3.63, 3.8) is 0 Å². The van der Waals surface area contributed by atoms with E-state index >= 15 is 0 Å². The van der Waals surface area contributed by atoms with Crippen LogP contribution in [0, 0.1) is 29.1 Å². The van der Waals surface area contributed by atoms with Gasteiger partial charge in [0.15, 0.2) is 5.82 Å². The molecule has 1 aromatic carbocycles. The minimum atomic E-state index is -0.671. The second-order valence-electron chi connectivity index (χ2n) is 8.54. The van der Waals surface area contributed by atoms with E-state index in [1.807, 2.05) is 0 Å². The van der Waals surface area contributed by atoms with Crippen LogP contribution in [0.2, 0.25) is 0 Å². The standard InChI is InChI=1S/C24H26N6O2/c25-12-9-24(30-16-21(22(26)32)23(28-30)27-17-31)10-13-29(14-11-24)15-20-7-5-19(6-8-20)4-3-18-1-2-18/h5-8,16-18H,1-2,9-11,13-15H2,(H2,26,32)(H,27,28,31). The quantitative estimate of drug-likeness (QED) is 0.516. The van der Waals surface area contributed by atoms with Crippen molar-refractivity contribution in [1.82, 2.24) is 14.7 Å². The van der Waals surface area contributed by atoms with E-state index in [1.165, 1.54) is 18.4 Å². The van der Waals surface area contributed by atoms with Gasteiger partial charge in [-0.3, -0.25) is 19.2 Å². The Morgan fingerprint density at radius 2 is 2.00 bits per heavy atom. The molecule has 164 valence electrons. The number of aromatic nitrogens is 2. The predicted molar refractivity (Wildman–Crippen MR) is 119 cm³/mol. The number of primary amides is 1. The molecule has 1 aliphatic heterocycles. The van der Waals surface area contributed by atoms with Crippen molar-refractivity contribution in [1.29, 1.82) is 5.26 Å². The molecular formula is C24H26N6O2. The summed E-state index contributed by atoms with van der Waals surface area (Å²) in [6.07, 6.45) is 6.12. The SMILES string of the molecule is N#CCC1(n2cc(C(N)=O)c(NC=O)n2)CCN(Cc2ccc(C#CC3CC3)cc2)CC1. The van der Waals surface area contributed by atoms with Gasteiger partial charge in [0.05, 0.1) is 18.0 Å². The van der Waals surface area contributed by atoms with Gasteiger partial charge in [-0.2, -0.15) is 10.4 Å². The minimum absolute atomic E-state index is 0.122. The molecule has 1 aliphatic carbocycles. The third-order valence-corrected chi connectivity index (χ3v) is 6.21. The van der Waals surface area contributed by atoms with Crippen molar-refractivity contribution in [2.75, 3.05) is 18.4 Å². The molecule has 2 amide bonds. The van der Waals surface area contributed by atoms with E-state index in [4.69, 9.17) is 5.73 Å². The first-order chi connectivity index (χ1) is 15.5. The molecule has 2 heterocycles. The lowest BCUT2D eigenvalue weighted by Gasteiger charge is -2.40. The number of nitriles is 1. The normalized spacial score (nSPS) is 17.6. The van der Waals surface area contributed by atoms with Gasteiger partial charge in [0, 0.05) is 37.3 Å². The summed E-state index contributed by atoms with van der Waals surface area (Å²) < 4.78 is 1.65. The van der Waals surface area contributed by atoms with Crippen LogP contribution in [-0.2, 0) is 16.9 Å². The van der Waals surface area contributed by atoms with Gasteiger partial charge in [-0.15, -0.1) is 0 Å². The summed E-state index contributed by atoms with van der Waals surface area (Å²) in [5, 5.41) is 16.3. The Labute approximate surface area is 187 Å². The molecule has 0 unspecified atom stereocenters. The molecule has 8 heteroatoms. The van der Waals surface area contributed by atoms with Crippen LogP contribution in [0.4, 0.5) is 5.82 Å². The van der Waals surface area contributed by atoms with Crippen LogP contribution in [0.1, 0.15) is 53.6 Å². The number of hydrogen-bond donors (Lipinski definition) is 2. The van der Waals surface area contributed by atoms with Crippen molar-refractivity contribution < 1.29 is 9.59 Å². The van der Waals surface area contributed by atoms with Gasteiger partial charge in [0.25, 0.3) is 5.91 Å². The number of amides is 2. The van der Waals surface area contributed by atoms with E-state index in [2.05, 4.69) is 57.5 Å². The van der Waals surface area contributed by atoms with E-state index in [1.54, 1.807) is 10.9 Å². The number of nitrogens with two attached hydrogens (primary N) is 1. The maximum Gasteiger partial charge on any atom is 0.254 e. The molecule has 0 atom stereocenters. The molecule has 0 bridgehead atoms. The molecule has 2 aromatic rings. The molecule has 1 aromatic heterocycles. The molecule has 4 rings (SSSR count). The minimum Gasteiger partial charge on any atom is -0.365 e. The fourth-order valence-electron chi connectivity index (χ4n) is 4.09. The molecule has 0 radical (unpaired) electrons. The zero-order chi connectivity index (χ0) is 22.6. The summed E-state index contributed by atoms with van der Waals surface area (Å²) >= 11 is 0. The Kier molecular flexibility index (Phi) is 6.25. The first-order valence-electron chi connectivity index (χ1n) is 10.8. The molecule has 32 heavy (non-hydrogen) atoms. The monoisotopic (exact) mass is 430 g/mol. The van der Waals surface area contributed by atoms with E-state index in [0.29, 0.717) is 25.2 Å². The molecule has 8 nitrogen and oxygen atoms in total. The fourth-order valence-corrected chi connectivity index (χ4v) is 4.09. The Hall–Kier alpha value is -3.62. The first-order valence-corrected chi connectivity index (χ1v) is 10.8. The summed E-state index contributed by atoms with van der Waals surface area (Å²) in [6.45, 7) is 2.39. The van der Waals surface area contributed by atoms with Crippen LogP contribution < -0.4 is 11.1 Å². The van der Waals surface area contributed by atoms with E-state index in [-0.39, 0.29) is 17.8 Å². The third kappa shape index (κ3) is 4.82. The van der Waals surface area contributed by atoms with Gasteiger partial charge in [-0.1, -0.05) is 24.0 Å². The average molecular weight is 431 g/mol. The number of carbonyl (C=O) groups is 2. The third-order valence-electron chi connectivity index (χ3n) is 6.21. The molecule has 0 spiro atoms. The smallest absolute Gasteiger partial charge is 0.254 e. The van der Waals surface area contributed by atoms with Crippen molar-refractivity contribution in [2.45, 2.75) is 44.2 Å². The van der Waals surface area contributed by atoms with Crippen LogP contribution in [0.25, 0.3) is 0 Å². The maximum atomic E-state index is 11.7. The summed E-state index contributed by atoms with van der Waals surface area (Å²) in [4.78, 5) is 25.0. The zero-order valence-corrected chi connectivity index (χ0v) is 17.9. The van der Waals surface area contributed by atoms with Crippen molar-refractivity contribution >= 4 is 18.1 Å². The van der Waals surface area contributed by atoms with Gasteiger partial charge < -0.3 is 11.1 Å². The van der Waals surface area contributed by atoms with Crippen molar-refractivity contribution in [2.24, 2.45) is 11.7 Å². The Balaban J connectivity index is 1.43. The topological polar surface area (TPSA) is 117 Å². The molecule has 2 aliphatic rings. The second kappa shape index (κ2) is 9.25. The van der Waals surface area contributed by atoms with Gasteiger partial charge >= 0.3 is 0 Å². The van der Waals surface area contributed by atoms with Gasteiger partial charge in [0.2, 0.25) is 6.41 Å². The summed E-state index contributed by atoms with van der Waals surface area (Å²) in [5.41, 5.74) is 7.31. The van der Waals surface area contributed by atoms with Crippen LogP contribution in [-0.4, -0.2) is 40.1 Å². The summed E-state index contributed by atoms with van der Waals surface area (Å²) in [7, 11) is 0. The number of hydrogen-bond acceptors (Lipinski definition) is 5. The second-order valence-corrected chi connectivity index (χ2v) is 8.54. The number of benzene rings is 1. The highest BCUT2D eigenvalue weighted by Crippen LogP contribution is 2.35. The van der Waals surface area contributed by atoms with Crippen LogP contribution >= 0.6 is 0 Å². The number of likely N-dealkylation sites (tertiary alicyclic amines) is 1. The Bertz CT molecular complexity index is 1090. The summed E-state index contributed by atoms with van der Waals surface area (Å²) in [5.74, 6) is 6.57. The maximum absolute atomic E-state index is 11.7. The number of nitrogens with zero attached hydrogens (tertiary/aromatic N) is 4. The highest BCUT2D eigenvalue weighted by Gasteiger charge is 2.38. The first kappa shape index (κ1) is 21.6. The fraction of sp³-hybridized carbons (Fsp3) is 0.417. The van der Waals surface area contributed by atoms with Crippen molar-refractivity contribution in [3.05, 3.63) is 47.2 Å². The molecule has 3 N–H and O–H groups in total. The lowest BCUT2D eigenvalue weighted by molar-refractivity contribution is -0.105. The number of nitrogens with one attached hydrogen (secondary N) is 1. The van der Waals surface area contributed by atoms with E-state index in [0.717, 1.165) is 25.2 Å². The average Bonchev–Trinajstić information content (AvgIpc) is 3.52. The molecule has 2 fully saturated rings. The Morgan fingerprint density at radius 1 is 1.28 bits per heavy atom. The number of rotatable bonds is 7. The number of carbonyl (C=O) groups excluding carboxylic acids is 2. The highest BCUT2D eigenvalue weighted by molar-refractivity contribution is 5.99. The lowest BCUT2D eigenvalue weighted by Crippen LogP contribution is -2.46. The largest absolute Gasteiger partial charge is 0.365 e. The van der Waals surface area contributed by atoms with Crippen LogP contribution in [0.15, 0.2) is 30.5 Å².